The van der Waals surface area contributed by atoms with Gasteiger partial charge in [-0.3, -0.25) is 4.48 Å². The van der Waals surface area contributed by atoms with Gasteiger partial charge in [-0.15, -0.1) is 5.10 Å². The number of hydrogen-bond donors (Lipinski definition) is 3. The highest BCUT2D eigenvalue weighted by molar-refractivity contribution is 7.80. The Morgan fingerprint density at radius 1 is 0.939 bits per heavy atom. The quantitative estimate of drug-likeness (QED) is 0.0994. The number of benzene rings is 4. The summed E-state index contributed by atoms with van der Waals surface area (Å²) in [5.74, 6) is 0.0389. The second-order valence-corrected chi connectivity index (χ2v) is 12.7. The zero-order valence-electron chi connectivity index (χ0n) is 28.1. The summed E-state index contributed by atoms with van der Waals surface area (Å²) in [7, 11) is 6.31. The molecule has 10 heteroatoms. The van der Waals surface area contributed by atoms with Crippen LogP contribution in [0.4, 0.5) is 17.1 Å². The van der Waals surface area contributed by atoms with Gasteiger partial charge < -0.3 is 25.5 Å². The Morgan fingerprint density at radius 3 is 2.29 bits per heavy atom. The molecule has 9 nitrogen and oxygen atoms in total. The van der Waals surface area contributed by atoms with Gasteiger partial charge in [0, 0.05) is 43.2 Å². The highest BCUT2D eigenvalue weighted by Crippen LogP contribution is 2.33. The van der Waals surface area contributed by atoms with E-state index in [1.165, 1.54) is 22.4 Å². The number of quaternary nitrogens is 1. The van der Waals surface area contributed by atoms with Crippen molar-refractivity contribution in [3.05, 3.63) is 138 Å². The number of aryl methyl sites for hydroxylation is 1. The molecule has 1 unspecified atom stereocenters. The predicted octanol–water partition coefficient (Wildman–Crippen LogP) is 7.68. The fourth-order valence-electron chi connectivity index (χ4n) is 5.77. The van der Waals surface area contributed by atoms with E-state index in [0.29, 0.717) is 16.6 Å². The number of fused-ring (bicyclic) bond motifs is 1. The number of aromatic nitrogens is 2. The summed E-state index contributed by atoms with van der Waals surface area (Å²) >= 11 is 5.05. The number of nitrogens with zero attached hydrogens (tertiary/aromatic N) is 4. The highest BCUT2D eigenvalue weighted by Gasteiger charge is 2.28. The van der Waals surface area contributed by atoms with Crippen LogP contribution in [-0.2, 0) is 13.0 Å². The maximum atomic E-state index is 10.2. The molecule has 250 valence electrons. The summed E-state index contributed by atoms with van der Waals surface area (Å²) in [6, 6.07) is 35.7. The number of aromatic carboxylic acids is 1. The van der Waals surface area contributed by atoms with E-state index in [1.807, 2.05) is 39.2 Å². The first kappa shape index (κ1) is 34.7. The average Bonchev–Trinajstić information content (AvgIpc) is 3.42. The van der Waals surface area contributed by atoms with Crippen LogP contribution >= 0.6 is 12.2 Å². The third-order valence-electron chi connectivity index (χ3n) is 8.43. The predicted molar refractivity (Wildman–Crippen MR) is 203 cm³/mol. The number of furan rings is 1. The van der Waals surface area contributed by atoms with Crippen LogP contribution in [0, 0.1) is 6.92 Å². The molecule has 2 heterocycles. The average molecular weight is 674 g/mol. The van der Waals surface area contributed by atoms with Crippen LogP contribution in [0.25, 0.3) is 22.1 Å². The van der Waals surface area contributed by atoms with Crippen molar-refractivity contribution in [1.29, 1.82) is 0 Å². The largest absolute Gasteiger partial charge is 0.478 e. The van der Waals surface area contributed by atoms with Crippen LogP contribution in [0.2, 0.25) is 0 Å². The van der Waals surface area contributed by atoms with Crippen LogP contribution in [0.3, 0.4) is 0 Å². The summed E-state index contributed by atoms with van der Waals surface area (Å²) in [6.45, 7) is 3.55. The Kier molecular flexibility index (Phi) is 11.0. The molecule has 4 N–H and O–H groups in total. The van der Waals surface area contributed by atoms with Crippen molar-refractivity contribution in [3.8, 4) is 11.1 Å². The molecule has 0 spiro atoms. The molecule has 0 aliphatic carbocycles. The molecule has 1 atom stereocenters. The second kappa shape index (κ2) is 15.5. The summed E-state index contributed by atoms with van der Waals surface area (Å²) < 4.78 is 6.78. The molecule has 4 aromatic carbocycles. The monoisotopic (exact) mass is 673 g/mol. The highest BCUT2D eigenvalue weighted by atomic mass is 32.1. The molecule has 0 radical (unpaired) electrons. The molecule has 0 bridgehead atoms. The fraction of sp³-hybridized carbons (Fsp3) is 0.179. The number of thiocarbonyl (C=S) groups is 1. The lowest BCUT2D eigenvalue weighted by molar-refractivity contribution is 0.0697. The van der Waals surface area contributed by atoms with Crippen molar-refractivity contribution in [1.82, 2.24) is 14.7 Å². The first-order chi connectivity index (χ1) is 23.5. The Hall–Kier alpha value is -5.58. The summed E-state index contributed by atoms with van der Waals surface area (Å²) in [6.07, 6.45) is 2.60. The maximum Gasteiger partial charge on any atom is 0.335 e. The van der Waals surface area contributed by atoms with E-state index in [0.717, 1.165) is 46.8 Å². The minimum absolute atomic E-state index is 0.240. The van der Waals surface area contributed by atoms with Gasteiger partial charge in [-0.1, -0.05) is 60.7 Å². The van der Waals surface area contributed by atoms with Gasteiger partial charge in [0.1, 0.15) is 29.3 Å². The number of rotatable bonds is 10. The van der Waals surface area contributed by atoms with Crippen LogP contribution < -0.4 is 20.4 Å². The molecule has 2 aromatic heterocycles. The Balaban J connectivity index is 0.000000452. The Morgan fingerprint density at radius 2 is 1.63 bits per heavy atom. The molecule has 0 saturated carbocycles. The van der Waals surface area contributed by atoms with Crippen molar-refractivity contribution in [2.75, 3.05) is 37.9 Å². The van der Waals surface area contributed by atoms with Crippen LogP contribution in [0.1, 0.15) is 27.4 Å². The minimum Gasteiger partial charge on any atom is -0.478 e. The Labute approximate surface area is 292 Å². The lowest BCUT2D eigenvalue weighted by Gasteiger charge is -2.34. The zero-order valence-corrected chi connectivity index (χ0v) is 28.9. The number of nitrogens with two attached hydrogens (primary N) is 1. The van der Waals surface area contributed by atoms with Crippen LogP contribution in [0.5, 0.6) is 0 Å². The molecule has 49 heavy (non-hydrogen) atoms. The minimum atomic E-state index is -0.879. The van der Waals surface area contributed by atoms with Gasteiger partial charge in [-0.25, -0.2) is 4.79 Å². The fourth-order valence-corrected chi connectivity index (χ4v) is 5.89. The molecule has 0 amide bonds. The maximum absolute atomic E-state index is 10.2. The number of likely N-dealkylation sites (N-methyl/N-ethyl adjacent to an activating group) is 1. The van der Waals surface area contributed by atoms with Gasteiger partial charge in [-0.2, -0.15) is 5.10 Å². The van der Waals surface area contributed by atoms with Crippen molar-refractivity contribution >= 4 is 51.3 Å². The number of carboxylic acids is 1. The van der Waals surface area contributed by atoms with Gasteiger partial charge in [-0.05, 0) is 72.7 Å². The van der Waals surface area contributed by atoms with Crippen LogP contribution in [-0.4, -0.2) is 54.1 Å². The molecule has 0 saturated heterocycles. The van der Waals surface area contributed by atoms with Gasteiger partial charge in [0.2, 0.25) is 0 Å². The number of nitrogens with one attached hydrogen (secondary N) is 1. The van der Waals surface area contributed by atoms with E-state index in [-0.39, 0.29) is 5.11 Å². The summed E-state index contributed by atoms with van der Waals surface area (Å²) in [5.41, 5.74) is 14.5. The van der Waals surface area contributed by atoms with E-state index < -0.39 is 5.97 Å². The molecule has 0 fully saturated rings. The van der Waals surface area contributed by atoms with Gasteiger partial charge in [0.25, 0.3) is 0 Å². The standard InChI is InChI=1S/C32H34N6OS.C7H6O2/c1-22-29(30-19-25(35-32(33)40)13-14-31(30)39-22)15-16-38(4,21-26-18-27(37(2)3)20-34-36-26)28-12-8-11-24(17-28)23-9-6-5-7-10-23;8-7(9)6-4-2-1-3-5-6/h5-14,17-20H,15-16,21H2,1-4H3,(H2-,33,35,40);1-5H,(H,8,9)/p+1. The number of anilines is 2. The first-order valence-electron chi connectivity index (χ1n) is 15.9. The lowest BCUT2D eigenvalue weighted by Crippen LogP contribution is -2.46. The van der Waals surface area contributed by atoms with Crippen molar-refractivity contribution in [2.45, 2.75) is 19.9 Å². The molecule has 0 aliphatic rings. The van der Waals surface area contributed by atoms with Crippen molar-refractivity contribution in [2.24, 2.45) is 5.73 Å². The first-order valence-corrected chi connectivity index (χ1v) is 16.3. The van der Waals surface area contributed by atoms with E-state index in [4.69, 9.17) is 27.5 Å². The normalized spacial score (nSPS) is 12.0. The molecule has 6 aromatic rings. The second-order valence-electron chi connectivity index (χ2n) is 12.3. The van der Waals surface area contributed by atoms with Gasteiger partial charge >= 0.3 is 5.97 Å². The Bertz CT molecular complexity index is 2050. The van der Waals surface area contributed by atoms with Crippen LogP contribution in [0.15, 0.2) is 120 Å². The van der Waals surface area contributed by atoms with Gasteiger partial charge in [0.15, 0.2) is 5.11 Å². The third kappa shape index (κ3) is 8.86. The van der Waals surface area contributed by atoms with E-state index in [1.54, 1.807) is 36.5 Å². The van der Waals surface area contributed by atoms with E-state index in [2.05, 4.69) is 88.1 Å². The molecule has 0 aliphatic heterocycles. The smallest absolute Gasteiger partial charge is 0.335 e. The zero-order chi connectivity index (χ0) is 35.0. The molecular formula is C39H41N6O3S+. The number of carboxylic acid groups (broad SMARTS) is 1. The SMILES string of the molecule is Cc1oc2ccc(NC(N)=S)cc2c1CC[N+](C)(Cc1cc(N(C)C)cnn1)c1cccc(-c2ccccc2)c1.O=C(O)c1ccccc1. The van der Waals surface area contributed by atoms with E-state index >= 15 is 0 Å². The topological polar surface area (TPSA) is 118 Å². The summed E-state index contributed by atoms with van der Waals surface area (Å²) in [5, 5.41) is 21.6. The number of hydrogen-bond acceptors (Lipinski definition) is 6. The van der Waals surface area contributed by atoms with Crippen molar-refractivity contribution < 1.29 is 14.3 Å². The van der Waals surface area contributed by atoms with E-state index in [9.17, 15) is 4.79 Å². The summed E-state index contributed by atoms with van der Waals surface area (Å²) in [4.78, 5) is 12.3. The van der Waals surface area contributed by atoms with Gasteiger partial charge in [0.05, 0.1) is 31.0 Å². The van der Waals surface area contributed by atoms with Crippen molar-refractivity contribution in [3.63, 3.8) is 0 Å². The lowest BCUT2D eigenvalue weighted by atomic mass is 10.0. The molecule has 6 rings (SSSR count). The molecular weight excluding hydrogens is 633 g/mol. The number of carbonyl (C=O) groups is 1. The third-order valence-corrected chi connectivity index (χ3v) is 8.53.